The molecule has 0 bridgehead atoms. The van der Waals surface area contributed by atoms with Crippen molar-refractivity contribution in [3.05, 3.63) is 71.1 Å². The van der Waals surface area contributed by atoms with Crippen LogP contribution < -0.4 is 5.32 Å². The van der Waals surface area contributed by atoms with Crippen molar-refractivity contribution >= 4 is 21.4 Å². The first-order valence-corrected chi connectivity index (χ1v) is 7.97. The molecular formula is C18H19NOS. The van der Waals surface area contributed by atoms with Crippen LogP contribution in [0.5, 0.6) is 0 Å². The SMILES string of the molecule is CC(CO)(NCc1csc2ccccc12)c1ccccc1. The van der Waals surface area contributed by atoms with Crippen molar-refractivity contribution in [2.75, 3.05) is 6.61 Å². The van der Waals surface area contributed by atoms with Crippen LogP contribution in [-0.2, 0) is 12.1 Å². The molecule has 108 valence electrons. The molecular weight excluding hydrogens is 278 g/mol. The quantitative estimate of drug-likeness (QED) is 0.748. The summed E-state index contributed by atoms with van der Waals surface area (Å²) >= 11 is 1.77. The number of rotatable bonds is 5. The van der Waals surface area contributed by atoms with Crippen LogP contribution in [0.25, 0.3) is 10.1 Å². The fourth-order valence-corrected chi connectivity index (χ4v) is 3.48. The van der Waals surface area contributed by atoms with Gasteiger partial charge >= 0.3 is 0 Å². The predicted molar refractivity (Wildman–Crippen MR) is 89.5 cm³/mol. The summed E-state index contributed by atoms with van der Waals surface area (Å²) in [6, 6.07) is 18.5. The molecule has 0 saturated carbocycles. The summed E-state index contributed by atoms with van der Waals surface area (Å²) in [5.41, 5.74) is 1.96. The van der Waals surface area contributed by atoms with Crippen LogP contribution >= 0.6 is 11.3 Å². The first kappa shape index (κ1) is 14.3. The van der Waals surface area contributed by atoms with Gasteiger partial charge in [0.05, 0.1) is 12.1 Å². The highest BCUT2D eigenvalue weighted by Gasteiger charge is 2.25. The second-order valence-electron chi connectivity index (χ2n) is 5.47. The Morgan fingerprint density at radius 3 is 2.52 bits per heavy atom. The Hall–Kier alpha value is -1.68. The molecule has 0 fully saturated rings. The van der Waals surface area contributed by atoms with Crippen molar-refractivity contribution < 1.29 is 5.11 Å². The Balaban J connectivity index is 1.82. The third-order valence-electron chi connectivity index (χ3n) is 3.96. The van der Waals surface area contributed by atoms with Gasteiger partial charge in [0, 0.05) is 11.2 Å². The minimum absolute atomic E-state index is 0.0685. The van der Waals surface area contributed by atoms with Crippen molar-refractivity contribution in [2.45, 2.75) is 19.0 Å². The molecule has 0 aliphatic heterocycles. The highest BCUT2D eigenvalue weighted by Crippen LogP contribution is 2.27. The molecule has 0 saturated heterocycles. The second kappa shape index (κ2) is 5.98. The molecule has 3 aromatic rings. The molecule has 0 aliphatic rings. The summed E-state index contributed by atoms with van der Waals surface area (Å²) in [6.45, 7) is 2.85. The maximum atomic E-state index is 9.82. The minimum atomic E-state index is -0.426. The lowest BCUT2D eigenvalue weighted by atomic mass is 9.92. The minimum Gasteiger partial charge on any atom is -0.394 e. The summed E-state index contributed by atoms with van der Waals surface area (Å²) in [4.78, 5) is 0. The van der Waals surface area contributed by atoms with Crippen LogP contribution in [0.1, 0.15) is 18.1 Å². The molecule has 0 spiro atoms. The number of hydrogen-bond acceptors (Lipinski definition) is 3. The first-order valence-electron chi connectivity index (χ1n) is 7.09. The molecule has 2 aromatic carbocycles. The van der Waals surface area contributed by atoms with Crippen molar-refractivity contribution in [2.24, 2.45) is 0 Å². The van der Waals surface area contributed by atoms with Gasteiger partial charge in [-0.2, -0.15) is 0 Å². The van der Waals surface area contributed by atoms with Gasteiger partial charge in [-0.3, -0.25) is 0 Å². The summed E-state index contributed by atoms with van der Waals surface area (Å²) in [5.74, 6) is 0. The summed E-state index contributed by atoms with van der Waals surface area (Å²) in [7, 11) is 0. The summed E-state index contributed by atoms with van der Waals surface area (Å²) in [6.07, 6.45) is 0. The van der Waals surface area contributed by atoms with Crippen molar-refractivity contribution in [3.8, 4) is 0 Å². The topological polar surface area (TPSA) is 32.3 Å². The molecule has 1 unspecified atom stereocenters. The lowest BCUT2D eigenvalue weighted by Gasteiger charge is -2.29. The number of aliphatic hydroxyl groups excluding tert-OH is 1. The standard InChI is InChI=1S/C18H19NOS/c1-18(13-20,15-7-3-2-4-8-15)19-11-14-12-21-17-10-6-5-9-16(14)17/h2-10,12,19-20H,11,13H2,1H3. The Morgan fingerprint density at radius 1 is 1.05 bits per heavy atom. The Labute approximate surface area is 129 Å². The van der Waals surface area contributed by atoms with E-state index in [0.29, 0.717) is 0 Å². The maximum Gasteiger partial charge on any atom is 0.0652 e. The monoisotopic (exact) mass is 297 g/mol. The van der Waals surface area contributed by atoms with Gasteiger partial charge in [-0.25, -0.2) is 0 Å². The van der Waals surface area contributed by atoms with Gasteiger partial charge in [-0.05, 0) is 34.9 Å². The van der Waals surface area contributed by atoms with E-state index in [4.69, 9.17) is 0 Å². The fraction of sp³-hybridized carbons (Fsp3) is 0.222. The van der Waals surface area contributed by atoms with Crippen LogP contribution in [0.2, 0.25) is 0 Å². The number of fused-ring (bicyclic) bond motifs is 1. The Morgan fingerprint density at radius 2 is 1.76 bits per heavy atom. The molecule has 2 N–H and O–H groups in total. The van der Waals surface area contributed by atoms with Crippen molar-refractivity contribution in [3.63, 3.8) is 0 Å². The lowest BCUT2D eigenvalue weighted by Crippen LogP contribution is -2.42. The summed E-state index contributed by atoms with van der Waals surface area (Å²) < 4.78 is 1.31. The van der Waals surface area contributed by atoms with E-state index in [1.54, 1.807) is 11.3 Å². The Bertz CT molecular complexity index is 722. The van der Waals surface area contributed by atoms with Crippen LogP contribution in [0.3, 0.4) is 0 Å². The molecule has 1 heterocycles. The Kier molecular flexibility index (Phi) is 4.06. The molecule has 3 heteroatoms. The lowest BCUT2D eigenvalue weighted by molar-refractivity contribution is 0.174. The summed E-state index contributed by atoms with van der Waals surface area (Å²) in [5, 5.41) is 16.8. The molecule has 1 aromatic heterocycles. The zero-order valence-corrected chi connectivity index (χ0v) is 12.9. The number of thiophene rings is 1. The van der Waals surface area contributed by atoms with E-state index in [1.807, 2.05) is 25.1 Å². The molecule has 0 radical (unpaired) electrons. The maximum absolute atomic E-state index is 9.82. The number of aliphatic hydroxyl groups is 1. The molecule has 3 rings (SSSR count). The third-order valence-corrected chi connectivity index (χ3v) is 4.97. The molecule has 0 aliphatic carbocycles. The molecule has 0 amide bonds. The fourth-order valence-electron chi connectivity index (χ4n) is 2.52. The average Bonchev–Trinajstić information content (AvgIpc) is 2.97. The van der Waals surface area contributed by atoms with E-state index in [1.165, 1.54) is 15.6 Å². The third kappa shape index (κ3) is 2.86. The predicted octanol–water partition coefficient (Wildman–Crippen LogP) is 3.90. The van der Waals surface area contributed by atoms with Gasteiger partial charge in [0.2, 0.25) is 0 Å². The van der Waals surface area contributed by atoms with Crippen LogP contribution in [0, 0.1) is 0 Å². The van der Waals surface area contributed by atoms with Gasteiger partial charge in [0.25, 0.3) is 0 Å². The van der Waals surface area contributed by atoms with Gasteiger partial charge in [-0.15, -0.1) is 11.3 Å². The zero-order chi connectivity index (χ0) is 14.7. The van der Waals surface area contributed by atoms with Gasteiger partial charge in [-0.1, -0.05) is 48.5 Å². The van der Waals surface area contributed by atoms with Crippen molar-refractivity contribution in [1.82, 2.24) is 5.32 Å². The van der Waals surface area contributed by atoms with Crippen LogP contribution in [-0.4, -0.2) is 11.7 Å². The van der Waals surface area contributed by atoms with E-state index >= 15 is 0 Å². The smallest absolute Gasteiger partial charge is 0.0652 e. The molecule has 1 atom stereocenters. The molecule has 21 heavy (non-hydrogen) atoms. The van der Waals surface area contributed by atoms with E-state index in [2.05, 4.69) is 47.1 Å². The first-order chi connectivity index (χ1) is 10.2. The van der Waals surface area contributed by atoms with Crippen molar-refractivity contribution in [1.29, 1.82) is 0 Å². The normalized spacial score (nSPS) is 14.2. The van der Waals surface area contributed by atoms with Crippen LogP contribution in [0.4, 0.5) is 0 Å². The van der Waals surface area contributed by atoms with E-state index in [9.17, 15) is 5.11 Å². The highest BCUT2D eigenvalue weighted by atomic mass is 32.1. The van der Waals surface area contributed by atoms with Crippen LogP contribution in [0.15, 0.2) is 60.0 Å². The van der Waals surface area contributed by atoms with Gasteiger partial charge in [0.15, 0.2) is 0 Å². The number of nitrogens with one attached hydrogen (secondary N) is 1. The average molecular weight is 297 g/mol. The zero-order valence-electron chi connectivity index (χ0n) is 12.0. The van der Waals surface area contributed by atoms with E-state index < -0.39 is 5.54 Å². The molecule has 2 nitrogen and oxygen atoms in total. The highest BCUT2D eigenvalue weighted by molar-refractivity contribution is 7.17. The second-order valence-corrected chi connectivity index (χ2v) is 6.38. The van der Waals surface area contributed by atoms with E-state index in [-0.39, 0.29) is 6.61 Å². The van der Waals surface area contributed by atoms with Gasteiger partial charge < -0.3 is 10.4 Å². The van der Waals surface area contributed by atoms with Gasteiger partial charge in [0.1, 0.15) is 0 Å². The van der Waals surface area contributed by atoms with E-state index in [0.717, 1.165) is 12.1 Å². The number of benzene rings is 2. The largest absolute Gasteiger partial charge is 0.394 e. The number of hydrogen-bond donors (Lipinski definition) is 2.